The van der Waals surface area contributed by atoms with E-state index in [0.717, 1.165) is 38.5 Å². The van der Waals surface area contributed by atoms with Crippen molar-refractivity contribution < 1.29 is 5.11 Å². The van der Waals surface area contributed by atoms with Crippen LogP contribution in [0.15, 0.2) is 0 Å². The first-order valence-electron chi connectivity index (χ1n) is 6.96. The summed E-state index contributed by atoms with van der Waals surface area (Å²) in [6.45, 7) is 8.73. The molecule has 0 aromatic heterocycles. The van der Waals surface area contributed by atoms with Crippen molar-refractivity contribution in [2.24, 2.45) is 16.7 Å². The molecular weight excluding hydrogens is 210 g/mol. The van der Waals surface area contributed by atoms with Crippen LogP contribution in [0, 0.1) is 28.1 Å². The third kappa shape index (κ3) is 3.22. The maximum Gasteiger partial charge on any atom is 0.0835 e. The van der Waals surface area contributed by atoms with E-state index in [-0.39, 0.29) is 5.92 Å². The van der Waals surface area contributed by atoms with E-state index in [4.69, 9.17) is 0 Å². The van der Waals surface area contributed by atoms with Gasteiger partial charge in [0.05, 0.1) is 17.6 Å². The van der Waals surface area contributed by atoms with Gasteiger partial charge in [-0.15, -0.1) is 0 Å². The van der Waals surface area contributed by atoms with Gasteiger partial charge in [-0.3, -0.25) is 0 Å². The molecule has 2 nitrogen and oxygen atoms in total. The quantitative estimate of drug-likeness (QED) is 0.806. The Morgan fingerprint density at radius 3 is 2.18 bits per heavy atom. The summed E-state index contributed by atoms with van der Waals surface area (Å²) in [5, 5.41) is 20.0. The van der Waals surface area contributed by atoms with Gasteiger partial charge in [0.15, 0.2) is 0 Å². The predicted octanol–water partition coefficient (Wildman–Crippen LogP) is 3.89. The van der Waals surface area contributed by atoms with Gasteiger partial charge in [0.2, 0.25) is 0 Å². The maximum atomic E-state index is 10.5. The summed E-state index contributed by atoms with van der Waals surface area (Å²) in [6, 6.07) is 2.44. The highest BCUT2D eigenvalue weighted by atomic mass is 16.3. The second-order valence-corrected chi connectivity index (χ2v) is 6.64. The van der Waals surface area contributed by atoms with Gasteiger partial charge >= 0.3 is 0 Å². The molecule has 0 radical (unpaired) electrons. The first-order chi connectivity index (χ1) is 7.87. The van der Waals surface area contributed by atoms with Crippen molar-refractivity contribution in [1.29, 1.82) is 5.26 Å². The third-order valence-corrected chi connectivity index (χ3v) is 4.57. The molecule has 0 aromatic carbocycles. The lowest BCUT2D eigenvalue weighted by atomic mass is 9.61. The molecule has 0 aromatic rings. The van der Waals surface area contributed by atoms with Crippen molar-refractivity contribution in [1.82, 2.24) is 0 Å². The zero-order chi connectivity index (χ0) is 13.1. The summed E-state index contributed by atoms with van der Waals surface area (Å²) in [5.41, 5.74) is -0.141. The molecule has 1 saturated carbocycles. The van der Waals surface area contributed by atoms with E-state index < -0.39 is 11.5 Å². The van der Waals surface area contributed by atoms with Crippen LogP contribution in [0.1, 0.15) is 66.2 Å². The molecule has 98 valence electrons. The van der Waals surface area contributed by atoms with E-state index >= 15 is 0 Å². The number of rotatable bonds is 4. The first kappa shape index (κ1) is 14.5. The molecule has 0 aliphatic heterocycles. The number of aliphatic hydroxyl groups is 1. The molecule has 1 aliphatic rings. The largest absolute Gasteiger partial charge is 0.391 e. The van der Waals surface area contributed by atoms with Crippen LogP contribution in [0.3, 0.4) is 0 Å². The highest BCUT2D eigenvalue weighted by Crippen LogP contribution is 2.48. The van der Waals surface area contributed by atoms with Gasteiger partial charge in [0.25, 0.3) is 0 Å². The summed E-state index contributed by atoms with van der Waals surface area (Å²) in [6.07, 6.45) is 5.44. The van der Waals surface area contributed by atoms with Gasteiger partial charge in [0, 0.05) is 0 Å². The van der Waals surface area contributed by atoms with Crippen LogP contribution in [0.4, 0.5) is 0 Å². The van der Waals surface area contributed by atoms with Crippen LogP contribution in [-0.4, -0.2) is 11.2 Å². The Bertz CT molecular complexity index is 280. The Hall–Kier alpha value is -0.550. The Morgan fingerprint density at radius 2 is 1.76 bits per heavy atom. The van der Waals surface area contributed by atoms with Crippen LogP contribution < -0.4 is 0 Å². The van der Waals surface area contributed by atoms with Crippen molar-refractivity contribution in [2.45, 2.75) is 72.3 Å². The van der Waals surface area contributed by atoms with E-state index in [9.17, 15) is 10.4 Å². The van der Waals surface area contributed by atoms with Gasteiger partial charge < -0.3 is 5.11 Å². The molecule has 2 atom stereocenters. The Labute approximate surface area is 106 Å². The highest BCUT2D eigenvalue weighted by molar-refractivity contribution is 5.07. The minimum atomic E-state index is -0.482. The molecular formula is C15H27NO. The van der Waals surface area contributed by atoms with Gasteiger partial charge in [-0.2, -0.15) is 5.26 Å². The lowest BCUT2D eigenvalue weighted by Gasteiger charge is -2.43. The molecule has 0 saturated heterocycles. The van der Waals surface area contributed by atoms with Crippen LogP contribution in [0.2, 0.25) is 0 Å². The summed E-state index contributed by atoms with van der Waals surface area (Å²) < 4.78 is 0. The zero-order valence-electron chi connectivity index (χ0n) is 11.8. The molecule has 0 amide bonds. The fraction of sp³-hybridized carbons (Fsp3) is 0.933. The number of hydrogen-bond donors (Lipinski definition) is 1. The molecule has 1 rings (SSSR count). The van der Waals surface area contributed by atoms with E-state index in [2.05, 4.69) is 33.8 Å². The SMILES string of the molecule is CCCC(C)C(O)C1(C#N)CCC(C)(C)CC1. The third-order valence-electron chi connectivity index (χ3n) is 4.57. The van der Waals surface area contributed by atoms with Crippen molar-refractivity contribution in [2.75, 3.05) is 0 Å². The van der Waals surface area contributed by atoms with Crippen LogP contribution in [-0.2, 0) is 0 Å². The molecule has 1 N–H and O–H groups in total. The standard InChI is InChI=1S/C15H27NO/c1-5-6-12(2)13(17)15(11-16)9-7-14(3,4)8-10-15/h12-13,17H,5-10H2,1-4H3. The summed E-state index contributed by atoms with van der Waals surface area (Å²) in [7, 11) is 0. The number of hydrogen-bond acceptors (Lipinski definition) is 2. The van der Waals surface area contributed by atoms with Crippen molar-refractivity contribution >= 4 is 0 Å². The van der Waals surface area contributed by atoms with Crippen LogP contribution in [0.5, 0.6) is 0 Å². The van der Waals surface area contributed by atoms with Gasteiger partial charge in [-0.25, -0.2) is 0 Å². The fourth-order valence-electron chi connectivity index (χ4n) is 3.00. The van der Waals surface area contributed by atoms with Gasteiger partial charge in [0.1, 0.15) is 0 Å². The average Bonchev–Trinajstić information content (AvgIpc) is 2.29. The Morgan fingerprint density at radius 1 is 1.24 bits per heavy atom. The van der Waals surface area contributed by atoms with Crippen molar-refractivity contribution in [3.05, 3.63) is 0 Å². The molecule has 0 spiro atoms. The second-order valence-electron chi connectivity index (χ2n) is 6.64. The predicted molar refractivity (Wildman–Crippen MR) is 70.4 cm³/mol. The van der Waals surface area contributed by atoms with Crippen molar-refractivity contribution in [3.8, 4) is 6.07 Å². The lowest BCUT2D eigenvalue weighted by molar-refractivity contribution is -0.0233. The minimum absolute atomic E-state index is 0.237. The van der Waals surface area contributed by atoms with Crippen molar-refractivity contribution in [3.63, 3.8) is 0 Å². The van der Waals surface area contributed by atoms with Gasteiger partial charge in [-0.05, 0) is 43.4 Å². The van der Waals surface area contributed by atoms with Gasteiger partial charge in [-0.1, -0.05) is 34.1 Å². The molecule has 1 fully saturated rings. The summed E-state index contributed by atoms with van der Waals surface area (Å²) >= 11 is 0. The molecule has 0 heterocycles. The highest BCUT2D eigenvalue weighted by Gasteiger charge is 2.45. The zero-order valence-corrected chi connectivity index (χ0v) is 11.8. The number of nitriles is 1. The lowest BCUT2D eigenvalue weighted by Crippen LogP contribution is -2.42. The fourth-order valence-corrected chi connectivity index (χ4v) is 3.00. The van der Waals surface area contributed by atoms with E-state index in [0.29, 0.717) is 5.41 Å². The monoisotopic (exact) mass is 237 g/mol. The molecule has 2 heteroatoms. The second kappa shape index (κ2) is 5.40. The maximum absolute atomic E-state index is 10.5. The topological polar surface area (TPSA) is 44.0 Å². The van der Waals surface area contributed by atoms with Crippen LogP contribution in [0.25, 0.3) is 0 Å². The smallest absolute Gasteiger partial charge is 0.0835 e. The van der Waals surface area contributed by atoms with Crippen LogP contribution >= 0.6 is 0 Å². The van der Waals surface area contributed by atoms with E-state index in [1.54, 1.807) is 0 Å². The van der Waals surface area contributed by atoms with E-state index in [1.165, 1.54) is 0 Å². The Kier molecular flexibility index (Phi) is 4.61. The first-order valence-corrected chi connectivity index (χ1v) is 6.96. The summed E-state index contributed by atoms with van der Waals surface area (Å²) in [4.78, 5) is 0. The molecule has 2 unspecified atom stereocenters. The Balaban J connectivity index is 2.74. The molecule has 0 bridgehead atoms. The average molecular weight is 237 g/mol. The number of aliphatic hydroxyl groups excluding tert-OH is 1. The minimum Gasteiger partial charge on any atom is -0.391 e. The summed E-state index contributed by atoms with van der Waals surface area (Å²) in [5.74, 6) is 0.237. The molecule has 17 heavy (non-hydrogen) atoms. The normalized spacial score (nSPS) is 25.9. The number of nitrogens with zero attached hydrogens (tertiary/aromatic N) is 1. The van der Waals surface area contributed by atoms with E-state index in [1.807, 2.05) is 0 Å². The molecule has 1 aliphatic carbocycles.